The van der Waals surface area contributed by atoms with E-state index in [9.17, 15) is 24.5 Å². The van der Waals surface area contributed by atoms with E-state index in [0.29, 0.717) is 0 Å². The lowest BCUT2D eigenvalue weighted by atomic mass is 9.92. The third-order valence-corrected chi connectivity index (χ3v) is 3.36. The molecule has 120 valence electrons. The summed E-state index contributed by atoms with van der Waals surface area (Å²) in [5.41, 5.74) is 2.26. The van der Waals surface area contributed by atoms with Crippen LogP contribution in [0.2, 0.25) is 0 Å². The molecule has 5 atom stereocenters. The van der Waals surface area contributed by atoms with Crippen LogP contribution in [0.1, 0.15) is 13.2 Å². The predicted molar refractivity (Wildman–Crippen MR) is 73.2 cm³/mol. The van der Waals surface area contributed by atoms with Crippen LogP contribution in [0.3, 0.4) is 0 Å². The molecule has 0 aliphatic carbocycles. The van der Waals surface area contributed by atoms with E-state index in [4.69, 9.17) is 10.5 Å². The Morgan fingerprint density at radius 3 is 2.91 bits per heavy atom. The minimum absolute atomic E-state index is 0.0368. The van der Waals surface area contributed by atoms with Crippen LogP contribution in [0.4, 0.5) is 10.2 Å². The van der Waals surface area contributed by atoms with Crippen molar-refractivity contribution >= 4 is 5.82 Å². The van der Waals surface area contributed by atoms with Gasteiger partial charge in [-0.2, -0.15) is 4.98 Å². The second-order valence-electron chi connectivity index (χ2n) is 4.94. The molecule has 1 unspecified atom stereocenters. The van der Waals surface area contributed by atoms with Crippen molar-refractivity contribution in [2.45, 2.75) is 37.1 Å². The molecule has 5 N–H and O–H groups in total. The molecular formula is C13H16FN3O5. The van der Waals surface area contributed by atoms with Crippen molar-refractivity contribution in [2.24, 2.45) is 0 Å². The van der Waals surface area contributed by atoms with E-state index in [1.807, 2.05) is 5.92 Å². The van der Waals surface area contributed by atoms with E-state index in [2.05, 4.69) is 10.9 Å². The molecule has 1 aromatic heterocycles. The van der Waals surface area contributed by atoms with Crippen molar-refractivity contribution in [3.63, 3.8) is 0 Å². The predicted octanol–water partition coefficient (Wildman–Crippen LogP) is -1.83. The van der Waals surface area contributed by atoms with Gasteiger partial charge < -0.3 is 25.8 Å². The Balaban J connectivity index is 2.53. The fourth-order valence-corrected chi connectivity index (χ4v) is 2.29. The Morgan fingerprint density at radius 2 is 2.36 bits per heavy atom. The molecule has 0 aromatic carbocycles. The third-order valence-electron chi connectivity index (χ3n) is 3.36. The molecule has 0 saturated carbocycles. The highest BCUT2D eigenvalue weighted by atomic mass is 19.1. The topological polar surface area (TPSA) is 131 Å². The number of alkyl halides is 1. The molecule has 0 radical (unpaired) electrons. The second-order valence-corrected chi connectivity index (χ2v) is 4.94. The molecule has 0 bridgehead atoms. The summed E-state index contributed by atoms with van der Waals surface area (Å²) < 4.78 is 18.5. The number of halogens is 1. The maximum atomic E-state index is 12.3. The summed E-state index contributed by atoms with van der Waals surface area (Å²) >= 11 is 0. The number of aromatic nitrogens is 2. The molecule has 1 fully saturated rings. The average Bonchev–Trinajstić information content (AvgIpc) is 2.70. The van der Waals surface area contributed by atoms with Gasteiger partial charge in [-0.15, -0.1) is 0 Å². The van der Waals surface area contributed by atoms with E-state index in [0.717, 1.165) is 4.57 Å². The summed E-state index contributed by atoms with van der Waals surface area (Å²) in [5, 5.41) is 30.4. The van der Waals surface area contributed by atoms with Crippen LogP contribution in [-0.2, 0) is 4.74 Å². The number of nitrogen functional groups attached to an aromatic ring is 1. The minimum atomic E-state index is -2.28. The maximum Gasteiger partial charge on any atom is 0.351 e. The lowest BCUT2D eigenvalue weighted by Crippen LogP contribution is -2.48. The Morgan fingerprint density at radius 1 is 1.68 bits per heavy atom. The molecule has 2 rings (SSSR count). The number of anilines is 1. The SMILES string of the molecule is C[C@@H](O)[C@H]1O[C@@H](n2ccc(N)nc2=O)C(O)(C#CCF)[C@H]1O. The summed E-state index contributed by atoms with van der Waals surface area (Å²) in [6.45, 7) is 0.277. The first-order valence-electron chi connectivity index (χ1n) is 6.46. The molecule has 9 heteroatoms. The monoisotopic (exact) mass is 313 g/mol. The van der Waals surface area contributed by atoms with Gasteiger partial charge in [0, 0.05) is 6.20 Å². The van der Waals surface area contributed by atoms with Gasteiger partial charge in [0.25, 0.3) is 0 Å². The van der Waals surface area contributed by atoms with Crippen molar-refractivity contribution < 1.29 is 24.4 Å². The third kappa shape index (κ3) is 2.69. The summed E-state index contributed by atoms with van der Waals surface area (Å²) in [4.78, 5) is 15.4. The Bertz CT molecular complexity index is 668. The van der Waals surface area contributed by atoms with Gasteiger partial charge in [0.05, 0.1) is 6.10 Å². The van der Waals surface area contributed by atoms with Gasteiger partial charge in [0.2, 0.25) is 0 Å². The first kappa shape index (κ1) is 16.4. The van der Waals surface area contributed by atoms with E-state index < -0.39 is 42.5 Å². The molecule has 1 aromatic rings. The molecule has 8 nitrogen and oxygen atoms in total. The van der Waals surface area contributed by atoms with Gasteiger partial charge >= 0.3 is 5.69 Å². The van der Waals surface area contributed by atoms with Crippen LogP contribution in [0, 0.1) is 11.8 Å². The normalized spacial score (nSPS) is 32.3. The van der Waals surface area contributed by atoms with Crippen LogP contribution in [0.25, 0.3) is 0 Å². The van der Waals surface area contributed by atoms with Crippen LogP contribution in [0.15, 0.2) is 17.1 Å². The maximum absolute atomic E-state index is 12.3. The Hall–Kier alpha value is -1.99. The number of rotatable bonds is 2. The number of hydrogen-bond acceptors (Lipinski definition) is 7. The summed E-state index contributed by atoms with van der Waals surface area (Å²) in [5.74, 6) is 4.12. The van der Waals surface area contributed by atoms with Gasteiger partial charge in [-0.05, 0) is 13.0 Å². The molecule has 1 aliphatic heterocycles. The number of hydrogen-bond donors (Lipinski definition) is 4. The molecular weight excluding hydrogens is 297 g/mol. The van der Waals surface area contributed by atoms with E-state index in [1.165, 1.54) is 19.2 Å². The van der Waals surface area contributed by atoms with Crippen LogP contribution in [-0.4, -0.2) is 55.5 Å². The first-order valence-corrected chi connectivity index (χ1v) is 6.46. The van der Waals surface area contributed by atoms with Gasteiger partial charge in [-0.1, -0.05) is 11.8 Å². The summed E-state index contributed by atoms with van der Waals surface area (Å²) in [6, 6.07) is 1.29. The van der Waals surface area contributed by atoms with Gasteiger partial charge in [-0.25, -0.2) is 9.18 Å². The number of ether oxygens (including phenoxy) is 1. The van der Waals surface area contributed by atoms with Crippen LogP contribution < -0.4 is 11.4 Å². The second kappa shape index (κ2) is 6.02. The fourth-order valence-electron chi connectivity index (χ4n) is 2.29. The highest BCUT2D eigenvalue weighted by Gasteiger charge is 2.57. The molecule has 0 spiro atoms. The first-order chi connectivity index (χ1) is 10.3. The van der Waals surface area contributed by atoms with Crippen molar-refractivity contribution in [1.29, 1.82) is 0 Å². The summed E-state index contributed by atoms with van der Waals surface area (Å²) in [7, 11) is 0. The summed E-state index contributed by atoms with van der Waals surface area (Å²) in [6.07, 6.45) is -4.29. The quantitative estimate of drug-likeness (QED) is 0.472. The van der Waals surface area contributed by atoms with Crippen LogP contribution in [0.5, 0.6) is 0 Å². The number of nitrogens with two attached hydrogens (primary N) is 1. The van der Waals surface area contributed by atoms with Crippen LogP contribution >= 0.6 is 0 Å². The van der Waals surface area contributed by atoms with E-state index in [-0.39, 0.29) is 5.82 Å². The van der Waals surface area contributed by atoms with Crippen molar-refractivity contribution in [2.75, 3.05) is 12.4 Å². The largest absolute Gasteiger partial charge is 0.391 e. The van der Waals surface area contributed by atoms with Crippen molar-refractivity contribution in [3.8, 4) is 11.8 Å². The smallest absolute Gasteiger partial charge is 0.351 e. The number of aliphatic hydroxyl groups is 3. The van der Waals surface area contributed by atoms with Gasteiger partial charge in [-0.3, -0.25) is 4.57 Å². The highest BCUT2D eigenvalue weighted by molar-refractivity contribution is 5.26. The van der Waals surface area contributed by atoms with Crippen molar-refractivity contribution in [1.82, 2.24) is 9.55 Å². The molecule has 1 saturated heterocycles. The van der Waals surface area contributed by atoms with E-state index in [1.54, 1.807) is 0 Å². The highest BCUT2D eigenvalue weighted by Crippen LogP contribution is 2.38. The van der Waals surface area contributed by atoms with Gasteiger partial charge in [0.1, 0.15) is 24.7 Å². The molecule has 22 heavy (non-hydrogen) atoms. The minimum Gasteiger partial charge on any atom is -0.391 e. The zero-order valence-electron chi connectivity index (χ0n) is 11.7. The zero-order valence-corrected chi connectivity index (χ0v) is 11.7. The van der Waals surface area contributed by atoms with E-state index >= 15 is 0 Å². The molecule has 1 aliphatic rings. The molecule has 0 amide bonds. The Labute approximate surface area is 125 Å². The number of aliphatic hydroxyl groups excluding tert-OH is 2. The lowest BCUT2D eigenvalue weighted by Gasteiger charge is -2.26. The molecule has 2 heterocycles. The van der Waals surface area contributed by atoms with Gasteiger partial charge in [0.15, 0.2) is 11.8 Å². The average molecular weight is 313 g/mol. The number of nitrogens with zero attached hydrogens (tertiary/aromatic N) is 2. The van der Waals surface area contributed by atoms with Crippen molar-refractivity contribution in [3.05, 3.63) is 22.7 Å². The Kier molecular flexibility index (Phi) is 4.48. The lowest BCUT2D eigenvalue weighted by molar-refractivity contribution is -0.0883. The standard InChI is InChI=1S/C13H16FN3O5/c1-7(18)9-10(19)13(21,4-2-5-14)11(22-9)17-6-3-8(15)16-12(17)20/h3,6-7,9-11,18-19,21H,5H2,1H3,(H2,15,16,20)/t7-,9-,10+,11-,13?/m1/s1. The fraction of sp³-hybridized carbons (Fsp3) is 0.538. The zero-order chi connectivity index (χ0) is 16.5.